The van der Waals surface area contributed by atoms with Crippen LogP contribution in [0.1, 0.15) is 35.8 Å². The highest BCUT2D eigenvalue weighted by molar-refractivity contribution is 5.99. The molecule has 3 heterocycles. The molecule has 27 heavy (non-hydrogen) atoms. The van der Waals surface area contributed by atoms with Gasteiger partial charge in [0.05, 0.1) is 18.8 Å². The molecule has 7 nitrogen and oxygen atoms in total. The van der Waals surface area contributed by atoms with Gasteiger partial charge < -0.3 is 15.4 Å². The molecule has 1 amide bonds. The predicted molar refractivity (Wildman–Crippen MR) is 93.8 cm³/mol. The van der Waals surface area contributed by atoms with E-state index in [9.17, 15) is 13.6 Å². The molecule has 9 heteroatoms. The number of nitrogens with one attached hydrogen (secondary N) is 2. The second kappa shape index (κ2) is 6.49. The Morgan fingerprint density at radius 3 is 2.93 bits per heavy atom. The van der Waals surface area contributed by atoms with Crippen LogP contribution in [0, 0.1) is 11.6 Å². The van der Waals surface area contributed by atoms with E-state index in [-0.39, 0.29) is 18.2 Å². The standard InChI is InChI=1S/C18H17F2N5O2/c1-9-7-21-18(26)13-8-22-25-4-3-15(24-17(13)25)23-10(2)12-5-11(19)6-14(20)16(12)27-9/h3-6,8-10H,7H2,1-2H3,(H,21,26)(H,23,24)/t9-,10+/m0/s1. The van der Waals surface area contributed by atoms with Crippen molar-refractivity contribution in [1.82, 2.24) is 19.9 Å². The number of carbonyl (C=O) groups excluding carboxylic acids is 1. The molecule has 0 saturated carbocycles. The predicted octanol–water partition coefficient (Wildman–Crippen LogP) is 2.69. The average Bonchev–Trinajstić information content (AvgIpc) is 3.04. The van der Waals surface area contributed by atoms with Crippen molar-refractivity contribution in [1.29, 1.82) is 0 Å². The van der Waals surface area contributed by atoms with Crippen LogP contribution in [0.4, 0.5) is 14.6 Å². The fraction of sp³-hybridized carbons (Fsp3) is 0.278. The summed E-state index contributed by atoms with van der Waals surface area (Å²) in [4.78, 5) is 16.9. The third-order valence-electron chi connectivity index (χ3n) is 4.35. The average molecular weight is 373 g/mol. The number of halogens is 2. The zero-order valence-electron chi connectivity index (χ0n) is 14.7. The summed E-state index contributed by atoms with van der Waals surface area (Å²) in [5, 5.41) is 9.94. The highest BCUT2D eigenvalue weighted by Crippen LogP contribution is 2.32. The van der Waals surface area contributed by atoms with Gasteiger partial charge in [0, 0.05) is 17.8 Å². The lowest BCUT2D eigenvalue weighted by Crippen LogP contribution is -2.34. The van der Waals surface area contributed by atoms with Crippen molar-refractivity contribution in [2.45, 2.75) is 26.0 Å². The van der Waals surface area contributed by atoms with Gasteiger partial charge in [0.15, 0.2) is 17.2 Å². The number of anilines is 1. The summed E-state index contributed by atoms with van der Waals surface area (Å²) < 4.78 is 35.4. The lowest BCUT2D eigenvalue weighted by Gasteiger charge is -2.22. The molecular formula is C18H17F2N5O2. The van der Waals surface area contributed by atoms with Gasteiger partial charge in [-0.25, -0.2) is 18.3 Å². The van der Waals surface area contributed by atoms with Crippen LogP contribution in [-0.4, -0.2) is 33.2 Å². The number of fused-ring (bicyclic) bond motifs is 2. The molecule has 4 rings (SSSR count). The van der Waals surface area contributed by atoms with Gasteiger partial charge in [-0.05, 0) is 26.0 Å². The highest BCUT2D eigenvalue weighted by Gasteiger charge is 2.22. The molecule has 0 fully saturated rings. The van der Waals surface area contributed by atoms with Gasteiger partial charge in [-0.2, -0.15) is 5.10 Å². The van der Waals surface area contributed by atoms with Crippen LogP contribution in [0.25, 0.3) is 5.65 Å². The van der Waals surface area contributed by atoms with Gasteiger partial charge in [-0.15, -0.1) is 0 Å². The summed E-state index contributed by atoms with van der Waals surface area (Å²) in [7, 11) is 0. The van der Waals surface area contributed by atoms with E-state index in [1.807, 2.05) is 0 Å². The first-order valence-electron chi connectivity index (χ1n) is 8.47. The molecule has 0 spiro atoms. The zero-order chi connectivity index (χ0) is 19.1. The van der Waals surface area contributed by atoms with Crippen molar-refractivity contribution in [3.63, 3.8) is 0 Å². The van der Waals surface area contributed by atoms with E-state index in [2.05, 4.69) is 20.7 Å². The Kier molecular flexibility index (Phi) is 4.14. The fourth-order valence-corrected chi connectivity index (χ4v) is 3.01. The third kappa shape index (κ3) is 3.16. The monoisotopic (exact) mass is 373 g/mol. The molecule has 2 aromatic heterocycles. The Morgan fingerprint density at radius 2 is 2.11 bits per heavy atom. The van der Waals surface area contributed by atoms with E-state index in [1.165, 1.54) is 16.8 Å². The molecule has 0 unspecified atom stereocenters. The Labute approximate surface area is 153 Å². The van der Waals surface area contributed by atoms with Crippen molar-refractivity contribution in [3.05, 3.63) is 53.4 Å². The highest BCUT2D eigenvalue weighted by atomic mass is 19.1. The molecule has 2 bridgehead atoms. The summed E-state index contributed by atoms with van der Waals surface area (Å²) in [5.74, 6) is -1.48. The maximum absolute atomic E-state index is 14.4. The van der Waals surface area contributed by atoms with Crippen LogP contribution in [-0.2, 0) is 0 Å². The summed E-state index contributed by atoms with van der Waals surface area (Å²) in [6.45, 7) is 3.57. The topological polar surface area (TPSA) is 80.6 Å². The molecule has 0 aliphatic carbocycles. The van der Waals surface area contributed by atoms with E-state index in [1.54, 1.807) is 26.1 Å². The Bertz CT molecular complexity index is 1040. The second-order valence-corrected chi connectivity index (χ2v) is 6.45. The number of nitrogens with zero attached hydrogens (tertiary/aromatic N) is 3. The molecule has 1 aliphatic rings. The normalized spacial score (nSPS) is 19.9. The molecular weight excluding hydrogens is 356 g/mol. The van der Waals surface area contributed by atoms with Crippen molar-refractivity contribution < 1.29 is 18.3 Å². The number of ether oxygens (including phenoxy) is 1. The first-order chi connectivity index (χ1) is 12.9. The number of amides is 1. The molecule has 0 saturated heterocycles. The quantitative estimate of drug-likeness (QED) is 0.633. The number of hydrogen-bond acceptors (Lipinski definition) is 5. The summed E-state index contributed by atoms with van der Waals surface area (Å²) in [6, 6.07) is 3.17. The third-order valence-corrected chi connectivity index (χ3v) is 4.35. The van der Waals surface area contributed by atoms with E-state index in [0.29, 0.717) is 22.6 Å². The maximum Gasteiger partial charge on any atom is 0.256 e. The summed E-state index contributed by atoms with van der Waals surface area (Å²) >= 11 is 0. The van der Waals surface area contributed by atoms with E-state index in [4.69, 9.17) is 4.74 Å². The molecule has 2 atom stereocenters. The van der Waals surface area contributed by atoms with Crippen molar-refractivity contribution in [2.75, 3.05) is 11.9 Å². The second-order valence-electron chi connectivity index (χ2n) is 6.45. The minimum absolute atomic E-state index is 0.0542. The Morgan fingerprint density at radius 1 is 1.30 bits per heavy atom. The van der Waals surface area contributed by atoms with Gasteiger partial charge in [0.1, 0.15) is 23.3 Å². The van der Waals surface area contributed by atoms with E-state index >= 15 is 0 Å². The number of aromatic nitrogens is 3. The molecule has 140 valence electrons. The van der Waals surface area contributed by atoms with Crippen molar-refractivity contribution in [2.24, 2.45) is 0 Å². The largest absolute Gasteiger partial charge is 0.485 e. The van der Waals surface area contributed by atoms with Gasteiger partial charge in [-0.1, -0.05) is 0 Å². The first-order valence-corrected chi connectivity index (χ1v) is 8.47. The molecule has 1 aliphatic heterocycles. The minimum Gasteiger partial charge on any atom is -0.485 e. The Hall–Kier alpha value is -3.23. The lowest BCUT2D eigenvalue weighted by molar-refractivity contribution is 0.0932. The number of benzene rings is 1. The van der Waals surface area contributed by atoms with E-state index < -0.39 is 23.8 Å². The number of carbonyl (C=O) groups is 1. The van der Waals surface area contributed by atoms with Gasteiger partial charge in [0.2, 0.25) is 0 Å². The van der Waals surface area contributed by atoms with Gasteiger partial charge >= 0.3 is 0 Å². The summed E-state index contributed by atoms with van der Waals surface area (Å²) in [6.07, 6.45) is 2.54. The molecule has 2 N–H and O–H groups in total. The number of rotatable bonds is 0. The molecule has 1 aromatic carbocycles. The lowest BCUT2D eigenvalue weighted by atomic mass is 10.1. The van der Waals surface area contributed by atoms with Crippen LogP contribution < -0.4 is 15.4 Å². The molecule has 0 radical (unpaired) electrons. The molecule has 3 aromatic rings. The van der Waals surface area contributed by atoms with Gasteiger partial charge in [-0.3, -0.25) is 4.79 Å². The van der Waals surface area contributed by atoms with Crippen LogP contribution in [0.5, 0.6) is 5.75 Å². The Balaban J connectivity index is 1.84. The van der Waals surface area contributed by atoms with Crippen molar-refractivity contribution >= 4 is 17.4 Å². The maximum atomic E-state index is 14.4. The zero-order valence-corrected chi connectivity index (χ0v) is 14.7. The van der Waals surface area contributed by atoms with Crippen LogP contribution in [0.3, 0.4) is 0 Å². The van der Waals surface area contributed by atoms with Crippen LogP contribution >= 0.6 is 0 Å². The van der Waals surface area contributed by atoms with Crippen LogP contribution in [0.2, 0.25) is 0 Å². The SMILES string of the molecule is C[C@H]1CNC(=O)c2cnn3ccc(nc23)N[C@H](C)c2cc(F)cc(F)c2O1. The van der Waals surface area contributed by atoms with E-state index in [0.717, 1.165) is 6.07 Å². The fourth-order valence-electron chi connectivity index (χ4n) is 3.01. The van der Waals surface area contributed by atoms with Crippen LogP contribution in [0.15, 0.2) is 30.6 Å². The van der Waals surface area contributed by atoms with Gasteiger partial charge in [0.25, 0.3) is 5.91 Å². The van der Waals surface area contributed by atoms with Crippen molar-refractivity contribution in [3.8, 4) is 5.75 Å². The number of hydrogen-bond donors (Lipinski definition) is 2. The first kappa shape index (κ1) is 17.2. The minimum atomic E-state index is -0.799. The smallest absolute Gasteiger partial charge is 0.256 e. The summed E-state index contributed by atoms with van der Waals surface area (Å²) in [5.41, 5.74) is 1.01.